The van der Waals surface area contributed by atoms with Crippen LogP contribution in [0.3, 0.4) is 0 Å². The lowest BCUT2D eigenvalue weighted by atomic mass is 10.1. The SMILES string of the molecule is CC1=COC(C=O)CC1. The molecule has 0 amide bonds. The second kappa shape index (κ2) is 2.67. The molecule has 0 saturated carbocycles. The molecule has 2 nitrogen and oxygen atoms in total. The summed E-state index contributed by atoms with van der Waals surface area (Å²) in [6.07, 6.45) is 4.16. The van der Waals surface area contributed by atoms with E-state index in [1.807, 2.05) is 6.92 Å². The molecule has 1 atom stereocenters. The van der Waals surface area contributed by atoms with E-state index in [-0.39, 0.29) is 6.10 Å². The first-order valence-corrected chi connectivity index (χ1v) is 3.09. The van der Waals surface area contributed by atoms with Gasteiger partial charge in [-0.05, 0) is 25.3 Å². The van der Waals surface area contributed by atoms with Crippen molar-refractivity contribution >= 4 is 6.29 Å². The van der Waals surface area contributed by atoms with Crippen LogP contribution in [-0.4, -0.2) is 12.4 Å². The minimum Gasteiger partial charge on any atom is -0.491 e. The van der Waals surface area contributed by atoms with Gasteiger partial charge >= 0.3 is 0 Å². The lowest BCUT2D eigenvalue weighted by Gasteiger charge is -2.15. The van der Waals surface area contributed by atoms with Crippen molar-refractivity contribution in [3.63, 3.8) is 0 Å². The first-order chi connectivity index (χ1) is 4.33. The van der Waals surface area contributed by atoms with E-state index < -0.39 is 0 Å². The molecule has 1 heterocycles. The zero-order valence-corrected chi connectivity index (χ0v) is 5.46. The standard InChI is InChI=1S/C7H10O2/c1-6-2-3-7(4-8)9-5-6/h4-5,7H,2-3H2,1H3. The van der Waals surface area contributed by atoms with Crippen molar-refractivity contribution < 1.29 is 9.53 Å². The molecule has 1 aliphatic rings. The Balaban J connectivity index is 2.45. The van der Waals surface area contributed by atoms with Crippen molar-refractivity contribution in [2.75, 3.05) is 0 Å². The van der Waals surface area contributed by atoms with Gasteiger partial charge in [0.2, 0.25) is 0 Å². The Morgan fingerprint density at radius 2 is 2.67 bits per heavy atom. The van der Waals surface area contributed by atoms with Crippen LogP contribution in [0.15, 0.2) is 11.8 Å². The molecular formula is C7H10O2. The highest BCUT2D eigenvalue weighted by Crippen LogP contribution is 2.14. The van der Waals surface area contributed by atoms with Crippen LogP contribution in [-0.2, 0) is 9.53 Å². The molecule has 2 heteroatoms. The van der Waals surface area contributed by atoms with E-state index in [9.17, 15) is 4.79 Å². The summed E-state index contributed by atoms with van der Waals surface area (Å²) in [4.78, 5) is 10.1. The van der Waals surface area contributed by atoms with Crippen molar-refractivity contribution in [2.24, 2.45) is 0 Å². The summed E-state index contributed by atoms with van der Waals surface area (Å²) >= 11 is 0. The number of ether oxygens (including phenoxy) is 1. The van der Waals surface area contributed by atoms with Gasteiger partial charge in [0.25, 0.3) is 0 Å². The summed E-state index contributed by atoms with van der Waals surface area (Å²) in [6, 6.07) is 0. The maximum Gasteiger partial charge on any atom is 0.160 e. The van der Waals surface area contributed by atoms with E-state index in [4.69, 9.17) is 4.74 Å². The van der Waals surface area contributed by atoms with Gasteiger partial charge in [-0.15, -0.1) is 0 Å². The van der Waals surface area contributed by atoms with E-state index >= 15 is 0 Å². The summed E-state index contributed by atoms with van der Waals surface area (Å²) in [5.74, 6) is 0. The molecule has 0 N–H and O–H groups in total. The van der Waals surface area contributed by atoms with Gasteiger partial charge in [-0.2, -0.15) is 0 Å². The molecule has 0 aromatic rings. The molecule has 0 spiro atoms. The monoisotopic (exact) mass is 126 g/mol. The Morgan fingerprint density at radius 1 is 1.89 bits per heavy atom. The van der Waals surface area contributed by atoms with Gasteiger partial charge in [-0.1, -0.05) is 0 Å². The fourth-order valence-corrected chi connectivity index (χ4v) is 0.801. The maximum absolute atomic E-state index is 10.1. The van der Waals surface area contributed by atoms with E-state index in [1.54, 1.807) is 6.26 Å². The highest BCUT2D eigenvalue weighted by atomic mass is 16.5. The van der Waals surface area contributed by atoms with Crippen molar-refractivity contribution in [1.82, 2.24) is 0 Å². The molecule has 1 aliphatic heterocycles. The molecule has 0 saturated heterocycles. The van der Waals surface area contributed by atoms with Gasteiger partial charge in [-0.25, -0.2) is 0 Å². The molecule has 1 rings (SSSR count). The molecule has 1 unspecified atom stereocenters. The topological polar surface area (TPSA) is 26.3 Å². The molecule has 0 aromatic heterocycles. The van der Waals surface area contributed by atoms with E-state index in [0.717, 1.165) is 19.1 Å². The van der Waals surface area contributed by atoms with Crippen LogP contribution in [0, 0.1) is 0 Å². The number of carbonyl (C=O) groups excluding carboxylic acids is 1. The number of hydrogen-bond acceptors (Lipinski definition) is 2. The summed E-state index contributed by atoms with van der Waals surface area (Å²) < 4.78 is 5.01. The van der Waals surface area contributed by atoms with Crippen LogP contribution in [0.25, 0.3) is 0 Å². The van der Waals surface area contributed by atoms with Gasteiger partial charge < -0.3 is 4.74 Å². The first-order valence-electron chi connectivity index (χ1n) is 3.09. The average Bonchev–Trinajstić information content (AvgIpc) is 1.90. The summed E-state index contributed by atoms with van der Waals surface area (Å²) in [5, 5.41) is 0. The number of rotatable bonds is 1. The minimum absolute atomic E-state index is 0.186. The van der Waals surface area contributed by atoms with Crippen LogP contribution in [0.5, 0.6) is 0 Å². The number of allylic oxidation sites excluding steroid dienone is 1. The second-order valence-corrected chi connectivity index (χ2v) is 2.31. The molecule has 0 aliphatic carbocycles. The number of carbonyl (C=O) groups is 1. The van der Waals surface area contributed by atoms with Crippen molar-refractivity contribution in [1.29, 1.82) is 0 Å². The lowest BCUT2D eigenvalue weighted by molar-refractivity contribution is -0.115. The molecule has 50 valence electrons. The van der Waals surface area contributed by atoms with Gasteiger partial charge in [0, 0.05) is 0 Å². The van der Waals surface area contributed by atoms with Crippen LogP contribution >= 0.6 is 0 Å². The van der Waals surface area contributed by atoms with Gasteiger partial charge in [0.1, 0.15) is 0 Å². The van der Waals surface area contributed by atoms with Crippen molar-refractivity contribution in [3.8, 4) is 0 Å². The minimum atomic E-state index is -0.186. The quantitative estimate of drug-likeness (QED) is 0.494. The zero-order chi connectivity index (χ0) is 6.69. The third-order valence-corrected chi connectivity index (χ3v) is 1.42. The normalized spacial score (nSPS) is 26.3. The Hall–Kier alpha value is -0.790. The Kier molecular flexibility index (Phi) is 1.88. The van der Waals surface area contributed by atoms with Gasteiger partial charge in [0.05, 0.1) is 6.26 Å². The number of aldehydes is 1. The zero-order valence-electron chi connectivity index (χ0n) is 5.46. The Morgan fingerprint density at radius 3 is 3.11 bits per heavy atom. The summed E-state index contributed by atoms with van der Waals surface area (Å²) in [6.45, 7) is 2.00. The molecule has 0 radical (unpaired) electrons. The highest BCUT2D eigenvalue weighted by Gasteiger charge is 2.10. The molecule has 0 aromatic carbocycles. The fraction of sp³-hybridized carbons (Fsp3) is 0.571. The highest BCUT2D eigenvalue weighted by molar-refractivity contribution is 5.56. The predicted octanol–water partition coefficient (Wildman–Crippen LogP) is 1.27. The average molecular weight is 126 g/mol. The Bertz CT molecular complexity index is 138. The molecular weight excluding hydrogens is 116 g/mol. The second-order valence-electron chi connectivity index (χ2n) is 2.31. The lowest BCUT2D eigenvalue weighted by Crippen LogP contribution is -2.14. The van der Waals surface area contributed by atoms with Crippen LogP contribution < -0.4 is 0 Å². The van der Waals surface area contributed by atoms with Crippen molar-refractivity contribution in [2.45, 2.75) is 25.9 Å². The molecule has 0 fully saturated rings. The third kappa shape index (κ3) is 1.56. The van der Waals surface area contributed by atoms with Crippen molar-refractivity contribution in [3.05, 3.63) is 11.8 Å². The Labute approximate surface area is 54.5 Å². The van der Waals surface area contributed by atoms with E-state index in [1.165, 1.54) is 5.57 Å². The molecule has 9 heavy (non-hydrogen) atoms. The van der Waals surface area contributed by atoms with E-state index in [0.29, 0.717) is 0 Å². The largest absolute Gasteiger partial charge is 0.491 e. The number of hydrogen-bond donors (Lipinski definition) is 0. The smallest absolute Gasteiger partial charge is 0.160 e. The van der Waals surface area contributed by atoms with E-state index in [2.05, 4.69) is 0 Å². The predicted molar refractivity (Wildman–Crippen MR) is 33.9 cm³/mol. The van der Waals surface area contributed by atoms with Gasteiger partial charge in [0.15, 0.2) is 12.4 Å². The van der Waals surface area contributed by atoms with Crippen LogP contribution in [0.2, 0.25) is 0 Å². The fourth-order valence-electron chi connectivity index (χ4n) is 0.801. The van der Waals surface area contributed by atoms with Crippen LogP contribution in [0.4, 0.5) is 0 Å². The molecule has 0 bridgehead atoms. The maximum atomic E-state index is 10.1. The first kappa shape index (κ1) is 6.33. The summed E-state index contributed by atoms with van der Waals surface area (Å²) in [5.41, 5.74) is 1.22. The van der Waals surface area contributed by atoms with Gasteiger partial charge in [-0.3, -0.25) is 4.79 Å². The summed E-state index contributed by atoms with van der Waals surface area (Å²) in [7, 11) is 0. The third-order valence-electron chi connectivity index (χ3n) is 1.42. The van der Waals surface area contributed by atoms with Crippen LogP contribution in [0.1, 0.15) is 19.8 Å².